The Balaban J connectivity index is 1.38. The second-order valence-corrected chi connectivity index (χ2v) is 11.0. The minimum atomic E-state index is -0.628. The number of fused-ring (bicyclic) bond motifs is 1. The molecule has 5 rings (SSSR count). The van der Waals surface area contributed by atoms with Crippen LogP contribution in [0.1, 0.15) is 12.5 Å². The number of anilines is 3. The molecule has 9 nitrogen and oxygen atoms in total. The molecule has 2 amide bonds. The highest BCUT2D eigenvalue weighted by molar-refractivity contribution is 9.10. The topological polar surface area (TPSA) is 94.5 Å². The maximum Gasteiger partial charge on any atom is 0.323 e. The summed E-state index contributed by atoms with van der Waals surface area (Å²) in [5.41, 5.74) is 3.00. The highest BCUT2D eigenvalue weighted by Gasteiger charge is 2.18. The van der Waals surface area contributed by atoms with Gasteiger partial charge in [0.1, 0.15) is 11.6 Å². The normalized spacial score (nSPS) is 14.3. The van der Waals surface area contributed by atoms with E-state index in [0.717, 1.165) is 49.2 Å². The molecule has 1 aliphatic heterocycles. The zero-order valence-electron chi connectivity index (χ0n) is 23.3. The van der Waals surface area contributed by atoms with Crippen LogP contribution < -0.4 is 21.5 Å². The van der Waals surface area contributed by atoms with Crippen LogP contribution in [0.25, 0.3) is 22.0 Å². The van der Waals surface area contributed by atoms with Crippen molar-refractivity contribution >= 4 is 50.1 Å². The Morgan fingerprint density at radius 2 is 1.83 bits per heavy atom. The number of urea groups is 1. The van der Waals surface area contributed by atoms with Crippen molar-refractivity contribution in [2.45, 2.75) is 20.0 Å². The first-order valence-corrected chi connectivity index (χ1v) is 14.3. The highest BCUT2D eigenvalue weighted by Crippen LogP contribution is 2.33. The fourth-order valence-electron chi connectivity index (χ4n) is 5.06. The number of amides is 2. The number of carbonyl (C=O) groups excluding carboxylic acids is 1. The van der Waals surface area contributed by atoms with E-state index in [-0.39, 0.29) is 11.2 Å². The van der Waals surface area contributed by atoms with Crippen molar-refractivity contribution in [3.05, 3.63) is 80.9 Å². The van der Waals surface area contributed by atoms with Gasteiger partial charge in [0.25, 0.3) is 5.56 Å². The monoisotopic (exact) mass is 621 g/mol. The van der Waals surface area contributed by atoms with Gasteiger partial charge in [-0.15, -0.1) is 0 Å². The molecule has 0 unspecified atom stereocenters. The van der Waals surface area contributed by atoms with Crippen molar-refractivity contribution in [3.63, 3.8) is 0 Å². The Kier molecular flexibility index (Phi) is 8.67. The Morgan fingerprint density at radius 1 is 1.05 bits per heavy atom. The number of carbonyl (C=O) groups is 1. The summed E-state index contributed by atoms with van der Waals surface area (Å²) < 4.78 is 17.0. The van der Waals surface area contributed by atoms with Gasteiger partial charge in [0.05, 0.1) is 11.2 Å². The number of likely N-dealkylation sites (N-methyl/N-ethyl adjacent to an activating group) is 1. The predicted octanol–water partition coefficient (Wildman–Crippen LogP) is 5.42. The van der Waals surface area contributed by atoms with Crippen LogP contribution in [0.4, 0.5) is 26.4 Å². The lowest BCUT2D eigenvalue weighted by Crippen LogP contribution is -2.43. The summed E-state index contributed by atoms with van der Waals surface area (Å²) >= 11 is 3.41. The number of nitrogens with zero attached hydrogens (tertiary/aromatic N) is 4. The Bertz CT molecular complexity index is 1650. The van der Waals surface area contributed by atoms with Crippen LogP contribution in [0.3, 0.4) is 0 Å². The number of rotatable bonds is 7. The molecule has 0 atom stereocenters. The summed E-state index contributed by atoms with van der Waals surface area (Å²) in [5.74, 6) is 0.0219. The van der Waals surface area contributed by atoms with Gasteiger partial charge in [-0.3, -0.25) is 9.69 Å². The molecule has 1 fully saturated rings. The summed E-state index contributed by atoms with van der Waals surface area (Å²) in [6.07, 6.45) is 1.69. The molecule has 3 N–H and O–H groups in total. The summed E-state index contributed by atoms with van der Waals surface area (Å²) in [4.78, 5) is 35.5. The van der Waals surface area contributed by atoms with E-state index in [1.54, 1.807) is 29.9 Å². The van der Waals surface area contributed by atoms with E-state index in [9.17, 15) is 14.0 Å². The molecule has 2 aromatic carbocycles. The SMILES string of the molecule is CCn1c(=O)c(-c2cc(NC(=O)Nc3cccc(CN4CCN(C)CC4)c3)c(F)cc2Br)cc2cnc(NC)cc21. The first-order chi connectivity index (χ1) is 19.7. The van der Waals surface area contributed by atoms with Crippen LogP contribution in [0.15, 0.2) is 64.0 Å². The Morgan fingerprint density at radius 3 is 2.56 bits per heavy atom. The van der Waals surface area contributed by atoms with Crippen LogP contribution in [0.5, 0.6) is 0 Å². The average molecular weight is 623 g/mol. The van der Waals surface area contributed by atoms with Crippen molar-refractivity contribution in [2.75, 3.05) is 56.2 Å². The van der Waals surface area contributed by atoms with Crippen LogP contribution in [0, 0.1) is 5.82 Å². The van der Waals surface area contributed by atoms with Gasteiger partial charge in [-0.05, 0) is 49.9 Å². The number of benzene rings is 2. The molecule has 0 radical (unpaired) electrons. The standard InChI is InChI=1S/C30H33BrFN7O2/c1-4-39-27-16-28(33-2)34-17-20(27)13-23(29(39)40)22-14-26(25(32)15-24(22)31)36-30(41)35-21-7-5-6-19(12-21)18-38-10-8-37(3)9-11-38/h5-7,12-17H,4,8-11,18H2,1-3H3,(H,33,34)(H2,35,36,41). The van der Waals surface area contributed by atoms with Gasteiger partial charge >= 0.3 is 6.03 Å². The molecule has 3 heterocycles. The fourth-order valence-corrected chi connectivity index (χ4v) is 5.59. The summed E-state index contributed by atoms with van der Waals surface area (Å²) in [6, 6.07) is 13.4. The largest absolute Gasteiger partial charge is 0.373 e. The summed E-state index contributed by atoms with van der Waals surface area (Å²) in [6.45, 7) is 7.17. The number of aromatic nitrogens is 2. The van der Waals surface area contributed by atoms with Gasteiger partial charge in [-0.2, -0.15) is 0 Å². The quantitative estimate of drug-likeness (QED) is 0.255. The molecule has 1 aliphatic rings. The average Bonchev–Trinajstić information content (AvgIpc) is 2.95. The zero-order valence-corrected chi connectivity index (χ0v) is 24.9. The third kappa shape index (κ3) is 6.42. The number of aryl methyl sites for hydroxylation is 1. The van der Waals surface area contributed by atoms with E-state index in [2.05, 4.69) is 53.7 Å². The van der Waals surface area contributed by atoms with Gasteiger partial charge in [0, 0.05) is 85.3 Å². The number of hydrogen-bond acceptors (Lipinski definition) is 6. The minimum absolute atomic E-state index is 0.0412. The van der Waals surface area contributed by atoms with Crippen molar-refractivity contribution in [1.82, 2.24) is 19.4 Å². The third-order valence-electron chi connectivity index (χ3n) is 7.33. The van der Waals surface area contributed by atoms with Crippen molar-refractivity contribution in [2.24, 2.45) is 0 Å². The first-order valence-electron chi connectivity index (χ1n) is 13.5. The lowest BCUT2D eigenvalue weighted by atomic mass is 10.0. The van der Waals surface area contributed by atoms with E-state index in [0.29, 0.717) is 33.6 Å². The highest BCUT2D eigenvalue weighted by atomic mass is 79.9. The molecule has 2 aromatic heterocycles. The lowest BCUT2D eigenvalue weighted by Gasteiger charge is -2.32. The number of piperazine rings is 1. The van der Waals surface area contributed by atoms with Gasteiger partial charge in [0.2, 0.25) is 0 Å². The number of pyridine rings is 2. The van der Waals surface area contributed by atoms with Gasteiger partial charge in [0.15, 0.2) is 0 Å². The van der Waals surface area contributed by atoms with E-state index < -0.39 is 11.8 Å². The summed E-state index contributed by atoms with van der Waals surface area (Å²) in [5, 5.41) is 9.17. The molecule has 1 saturated heterocycles. The van der Waals surface area contributed by atoms with E-state index in [1.165, 1.54) is 12.1 Å². The van der Waals surface area contributed by atoms with E-state index in [1.807, 2.05) is 31.2 Å². The minimum Gasteiger partial charge on any atom is -0.373 e. The number of hydrogen-bond donors (Lipinski definition) is 3. The number of halogens is 2. The van der Waals surface area contributed by atoms with Crippen molar-refractivity contribution in [3.8, 4) is 11.1 Å². The number of nitrogens with one attached hydrogen (secondary N) is 3. The maximum atomic E-state index is 15.0. The Hall–Kier alpha value is -3.80. The van der Waals surface area contributed by atoms with Crippen LogP contribution >= 0.6 is 15.9 Å². The Labute approximate surface area is 246 Å². The lowest BCUT2D eigenvalue weighted by molar-refractivity contribution is 0.148. The first kappa shape index (κ1) is 28.7. The second kappa shape index (κ2) is 12.4. The van der Waals surface area contributed by atoms with Crippen LogP contribution in [-0.4, -0.2) is 65.7 Å². The summed E-state index contributed by atoms with van der Waals surface area (Å²) in [7, 11) is 3.89. The zero-order chi connectivity index (χ0) is 29.1. The molecule has 41 heavy (non-hydrogen) atoms. The fraction of sp³-hybridized carbons (Fsp3) is 0.300. The maximum absolute atomic E-state index is 15.0. The second-order valence-electron chi connectivity index (χ2n) is 10.2. The predicted molar refractivity (Wildman–Crippen MR) is 166 cm³/mol. The van der Waals surface area contributed by atoms with Gasteiger partial charge in [-0.25, -0.2) is 14.2 Å². The van der Waals surface area contributed by atoms with E-state index >= 15 is 0 Å². The molecular weight excluding hydrogens is 589 g/mol. The molecule has 11 heteroatoms. The van der Waals surface area contributed by atoms with Gasteiger partial charge < -0.3 is 25.4 Å². The molecule has 4 aromatic rings. The van der Waals surface area contributed by atoms with Crippen LogP contribution in [-0.2, 0) is 13.1 Å². The molecule has 0 bridgehead atoms. The molecule has 0 spiro atoms. The molecule has 214 valence electrons. The molecular formula is C30H33BrFN7O2. The van der Waals surface area contributed by atoms with Crippen molar-refractivity contribution < 1.29 is 9.18 Å². The van der Waals surface area contributed by atoms with Gasteiger partial charge in [-0.1, -0.05) is 28.1 Å². The smallest absolute Gasteiger partial charge is 0.323 e. The van der Waals surface area contributed by atoms with E-state index in [4.69, 9.17) is 0 Å². The third-order valence-corrected chi connectivity index (χ3v) is 7.99. The molecule has 0 saturated carbocycles. The van der Waals surface area contributed by atoms with Crippen LogP contribution in [0.2, 0.25) is 0 Å². The molecule has 0 aliphatic carbocycles. The van der Waals surface area contributed by atoms with Crippen molar-refractivity contribution in [1.29, 1.82) is 0 Å².